The molecule has 0 radical (unpaired) electrons. The smallest absolute Gasteiger partial charge is 0.258 e. The fraction of sp³-hybridized carbons (Fsp3) is 0.704. The van der Waals surface area contributed by atoms with Gasteiger partial charge in [0.2, 0.25) is 5.91 Å². The molecule has 1 spiro atoms. The molecule has 5 aliphatic rings. The summed E-state index contributed by atoms with van der Waals surface area (Å²) < 4.78 is 5.56. The van der Waals surface area contributed by atoms with Crippen LogP contribution in [0.4, 0.5) is 0 Å². The van der Waals surface area contributed by atoms with Crippen LogP contribution in [0.2, 0.25) is 10.0 Å². The Morgan fingerprint density at radius 2 is 1.57 bits per heavy atom. The van der Waals surface area contributed by atoms with Crippen LogP contribution < -0.4 is 20.7 Å². The van der Waals surface area contributed by atoms with Crippen LogP contribution in [0.15, 0.2) is 18.2 Å². The van der Waals surface area contributed by atoms with Gasteiger partial charge in [0.1, 0.15) is 5.75 Å². The molecule has 1 aliphatic heterocycles. The van der Waals surface area contributed by atoms with Crippen LogP contribution in [0, 0.1) is 5.92 Å². The van der Waals surface area contributed by atoms with Gasteiger partial charge in [-0.25, -0.2) is 0 Å². The van der Waals surface area contributed by atoms with Crippen molar-refractivity contribution in [3.8, 4) is 5.75 Å². The molecule has 1 aromatic rings. The number of amides is 2. The molecule has 2 bridgehead atoms. The predicted molar refractivity (Wildman–Crippen MR) is 138 cm³/mol. The van der Waals surface area contributed by atoms with E-state index >= 15 is 0 Å². The summed E-state index contributed by atoms with van der Waals surface area (Å²) in [6, 6.07) is 4.94. The van der Waals surface area contributed by atoms with E-state index in [9.17, 15) is 9.59 Å². The highest BCUT2D eigenvalue weighted by atomic mass is 35.5. The van der Waals surface area contributed by atoms with Crippen molar-refractivity contribution in [2.45, 2.75) is 100 Å². The number of hydrogen-bond donors (Lipinski definition) is 3. The van der Waals surface area contributed by atoms with E-state index in [1.54, 1.807) is 18.2 Å². The summed E-state index contributed by atoms with van der Waals surface area (Å²) in [4.78, 5) is 26.0. The molecule has 1 aromatic carbocycles. The first-order valence-electron chi connectivity index (χ1n) is 13.3. The number of ether oxygens (including phenoxy) is 1. The van der Waals surface area contributed by atoms with Crippen molar-refractivity contribution in [1.82, 2.24) is 16.0 Å². The number of benzene rings is 1. The third-order valence-corrected chi connectivity index (χ3v) is 9.45. The molecule has 192 valence electrons. The SMILES string of the molecule is O=C(COc1ccc(Cl)c(Cl)c1)NC12CC(NC(=O)C3CCCNC34CCCCCCCC4)(C1)C2. The molecule has 1 unspecified atom stereocenters. The third kappa shape index (κ3) is 5.30. The van der Waals surface area contributed by atoms with Crippen LogP contribution in [0.25, 0.3) is 0 Å². The molecule has 2 amide bonds. The molecule has 1 saturated heterocycles. The highest BCUT2D eigenvalue weighted by Gasteiger charge is 2.69. The van der Waals surface area contributed by atoms with Crippen LogP contribution in [-0.2, 0) is 9.59 Å². The maximum absolute atomic E-state index is 13.5. The van der Waals surface area contributed by atoms with E-state index in [0.29, 0.717) is 15.8 Å². The lowest BCUT2D eigenvalue weighted by molar-refractivity contribution is -0.154. The second-order valence-electron chi connectivity index (χ2n) is 11.4. The monoisotopic (exact) mass is 521 g/mol. The third-order valence-electron chi connectivity index (χ3n) is 8.71. The first kappa shape index (κ1) is 25.2. The molecule has 4 saturated carbocycles. The minimum Gasteiger partial charge on any atom is -0.484 e. The number of halogens is 2. The Bertz CT molecular complexity index is 939. The Balaban J connectivity index is 1.11. The summed E-state index contributed by atoms with van der Waals surface area (Å²) >= 11 is 11.9. The number of carbonyl (C=O) groups excluding carboxylic acids is 2. The summed E-state index contributed by atoms with van der Waals surface area (Å²) in [5.74, 6) is 0.625. The van der Waals surface area contributed by atoms with Crippen LogP contribution in [0.5, 0.6) is 5.75 Å². The second-order valence-corrected chi connectivity index (χ2v) is 12.2. The normalized spacial score (nSPS) is 31.7. The number of piperidine rings is 1. The van der Waals surface area contributed by atoms with Crippen molar-refractivity contribution in [3.63, 3.8) is 0 Å². The van der Waals surface area contributed by atoms with Gasteiger partial charge in [-0.2, -0.15) is 0 Å². The standard InChI is InChI=1S/C27H37Cl2N3O3/c28-21-10-9-19(14-22(21)29)35-15-23(33)31-25-16-26(17-25,18-25)32-24(34)20-8-7-13-30-27(20)11-5-3-1-2-4-6-12-27/h9-10,14,20,30H,1-8,11-13,15-18H2,(H,31,33)(H,32,34). The Morgan fingerprint density at radius 3 is 2.26 bits per heavy atom. The zero-order valence-corrected chi connectivity index (χ0v) is 21.9. The molecule has 1 heterocycles. The van der Waals surface area contributed by atoms with Gasteiger partial charge in [0.15, 0.2) is 6.61 Å². The lowest BCUT2D eigenvalue weighted by atomic mass is 9.44. The molecule has 1 atom stereocenters. The van der Waals surface area contributed by atoms with E-state index in [1.165, 1.54) is 38.5 Å². The van der Waals surface area contributed by atoms with Crippen molar-refractivity contribution in [2.75, 3.05) is 13.2 Å². The zero-order chi connectivity index (χ0) is 24.5. The Morgan fingerprint density at radius 1 is 0.914 bits per heavy atom. The molecule has 6 rings (SSSR count). The van der Waals surface area contributed by atoms with E-state index in [-0.39, 0.29) is 41.0 Å². The van der Waals surface area contributed by atoms with Gasteiger partial charge in [0, 0.05) is 22.7 Å². The number of hydrogen-bond acceptors (Lipinski definition) is 4. The van der Waals surface area contributed by atoms with Crippen molar-refractivity contribution < 1.29 is 14.3 Å². The molecule has 5 fully saturated rings. The highest BCUT2D eigenvalue weighted by molar-refractivity contribution is 6.42. The van der Waals surface area contributed by atoms with Gasteiger partial charge in [-0.15, -0.1) is 0 Å². The predicted octanol–water partition coefficient (Wildman–Crippen LogP) is 5.15. The van der Waals surface area contributed by atoms with E-state index < -0.39 is 0 Å². The summed E-state index contributed by atoms with van der Waals surface area (Å²) in [5.41, 5.74) is -0.387. The summed E-state index contributed by atoms with van der Waals surface area (Å²) in [7, 11) is 0. The van der Waals surface area contributed by atoms with Crippen LogP contribution in [0.3, 0.4) is 0 Å². The fourth-order valence-corrected chi connectivity index (χ4v) is 7.40. The summed E-state index contributed by atoms with van der Waals surface area (Å²) in [6.07, 6.45) is 14.3. The maximum atomic E-state index is 13.5. The van der Waals surface area contributed by atoms with E-state index in [1.807, 2.05) is 0 Å². The van der Waals surface area contributed by atoms with Crippen LogP contribution in [-0.4, -0.2) is 41.6 Å². The molecule has 8 heteroatoms. The number of carbonyl (C=O) groups is 2. The molecular formula is C27H37Cl2N3O3. The molecule has 3 N–H and O–H groups in total. The largest absolute Gasteiger partial charge is 0.484 e. The minimum absolute atomic E-state index is 0.0377. The molecule has 0 aromatic heterocycles. The number of nitrogens with one attached hydrogen (secondary N) is 3. The van der Waals surface area contributed by atoms with Crippen molar-refractivity contribution in [3.05, 3.63) is 28.2 Å². The van der Waals surface area contributed by atoms with Gasteiger partial charge >= 0.3 is 0 Å². The summed E-state index contributed by atoms with van der Waals surface area (Å²) in [5, 5.41) is 11.2. The Kier molecular flexibility index (Phi) is 7.26. The Hall–Kier alpha value is -1.50. The van der Waals surface area contributed by atoms with Gasteiger partial charge in [-0.1, -0.05) is 61.7 Å². The Labute approximate surface area is 218 Å². The lowest BCUT2D eigenvalue weighted by Crippen LogP contribution is -2.84. The quantitative estimate of drug-likeness (QED) is 0.483. The van der Waals surface area contributed by atoms with Gasteiger partial charge < -0.3 is 20.7 Å². The van der Waals surface area contributed by atoms with E-state index in [4.69, 9.17) is 27.9 Å². The van der Waals surface area contributed by atoms with Crippen molar-refractivity contribution in [2.24, 2.45) is 5.92 Å². The van der Waals surface area contributed by atoms with Crippen LogP contribution in [0.1, 0.15) is 83.5 Å². The second kappa shape index (κ2) is 10.1. The van der Waals surface area contributed by atoms with Gasteiger partial charge in [-0.3, -0.25) is 9.59 Å². The van der Waals surface area contributed by atoms with Crippen molar-refractivity contribution >= 4 is 35.0 Å². The maximum Gasteiger partial charge on any atom is 0.258 e. The van der Waals surface area contributed by atoms with E-state index in [0.717, 1.165) is 51.5 Å². The fourth-order valence-electron chi connectivity index (χ4n) is 7.11. The highest BCUT2D eigenvalue weighted by Crippen LogP contribution is 2.60. The van der Waals surface area contributed by atoms with Gasteiger partial charge in [0.25, 0.3) is 5.91 Å². The number of rotatable bonds is 6. The van der Waals surface area contributed by atoms with E-state index in [2.05, 4.69) is 16.0 Å². The average molecular weight is 523 g/mol. The lowest BCUT2D eigenvalue weighted by Gasteiger charge is -2.70. The molecule has 35 heavy (non-hydrogen) atoms. The van der Waals surface area contributed by atoms with Crippen molar-refractivity contribution in [1.29, 1.82) is 0 Å². The molecular weight excluding hydrogens is 485 g/mol. The first-order chi connectivity index (χ1) is 16.8. The molecule has 4 aliphatic carbocycles. The first-order valence-corrected chi connectivity index (χ1v) is 14.0. The van der Waals surface area contributed by atoms with Gasteiger partial charge in [0.05, 0.1) is 16.0 Å². The summed E-state index contributed by atoms with van der Waals surface area (Å²) in [6.45, 7) is 0.948. The average Bonchev–Trinajstić information content (AvgIpc) is 2.90. The van der Waals surface area contributed by atoms with Crippen LogP contribution >= 0.6 is 23.2 Å². The van der Waals surface area contributed by atoms with Gasteiger partial charge in [-0.05, 0) is 63.6 Å². The topological polar surface area (TPSA) is 79.5 Å². The molecule has 6 nitrogen and oxygen atoms in total. The minimum atomic E-state index is -0.202. The zero-order valence-electron chi connectivity index (χ0n) is 20.4.